The zero-order valence-corrected chi connectivity index (χ0v) is 10.0. The summed E-state index contributed by atoms with van der Waals surface area (Å²) in [6.45, 7) is 4.25. The van der Waals surface area contributed by atoms with Gasteiger partial charge in [0.05, 0.1) is 0 Å². The standard InChI is InChI=1S/C12H20N4/c1-3-11-15-10(13)7-12(16-11)14-8(2)9-5-4-6-9/h7-9H,3-6H2,1-2H3,(H3,13,14,15,16). The molecule has 1 saturated carbocycles. The lowest BCUT2D eigenvalue weighted by Gasteiger charge is -2.32. The van der Waals surface area contributed by atoms with Gasteiger partial charge in [-0.25, -0.2) is 9.97 Å². The Morgan fingerprint density at radius 2 is 2.25 bits per heavy atom. The first kappa shape index (κ1) is 11.2. The van der Waals surface area contributed by atoms with Crippen molar-refractivity contribution in [2.45, 2.75) is 45.6 Å². The summed E-state index contributed by atoms with van der Waals surface area (Å²) in [4.78, 5) is 8.60. The largest absolute Gasteiger partial charge is 0.384 e. The van der Waals surface area contributed by atoms with Crippen LogP contribution in [0.25, 0.3) is 0 Å². The Labute approximate surface area is 96.7 Å². The third-order valence-corrected chi connectivity index (χ3v) is 3.34. The van der Waals surface area contributed by atoms with Crippen molar-refractivity contribution in [1.82, 2.24) is 9.97 Å². The molecular weight excluding hydrogens is 200 g/mol. The minimum absolute atomic E-state index is 0.479. The number of rotatable bonds is 4. The molecule has 1 unspecified atom stereocenters. The van der Waals surface area contributed by atoms with Crippen LogP contribution in [0.2, 0.25) is 0 Å². The Bertz CT molecular complexity index is 360. The van der Waals surface area contributed by atoms with Crippen molar-refractivity contribution in [2.24, 2.45) is 5.92 Å². The number of aromatic nitrogens is 2. The summed E-state index contributed by atoms with van der Waals surface area (Å²) < 4.78 is 0. The molecule has 0 amide bonds. The van der Waals surface area contributed by atoms with E-state index in [1.807, 2.05) is 13.0 Å². The van der Waals surface area contributed by atoms with Crippen LogP contribution in [0.15, 0.2) is 6.07 Å². The van der Waals surface area contributed by atoms with Crippen LogP contribution in [-0.2, 0) is 6.42 Å². The molecule has 1 aliphatic rings. The number of nitrogens with one attached hydrogen (secondary N) is 1. The molecule has 4 heteroatoms. The number of nitrogens with two attached hydrogens (primary N) is 1. The number of anilines is 2. The minimum atomic E-state index is 0.479. The molecule has 16 heavy (non-hydrogen) atoms. The van der Waals surface area contributed by atoms with Gasteiger partial charge in [0.2, 0.25) is 0 Å². The van der Waals surface area contributed by atoms with Gasteiger partial charge in [-0.05, 0) is 25.7 Å². The Kier molecular flexibility index (Phi) is 3.27. The van der Waals surface area contributed by atoms with E-state index in [0.717, 1.165) is 24.0 Å². The van der Waals surface area contributed by atoms with Crippen LogP contribution in [0.4, 0.5) is 11.6 Å². The van der Waals surface area contributed by atoms with Crippen LogP contribution in [0.1, 0.15) is 38.9 Å². The summed E-state index contributed by atoms with van der Waals surface area (Å²) in [5, 5.41) is 3.43. The maximum Gasteiger partial charge on any atom is 0.132 e. The van der Waals surface area contributed by atoms with Crippen LogP contribution >= 0.6 is 0 Å². The normalized spacial score (nSPS) is 17.9. The molecule has 1 heterocycles. The molecule has 3 N–H and O–H groups in total. The van der Waals surface area contributed by atoms with Crippen molar-refractivity contribution in [2.75, 3.05) is 11.1 Å². The fraction of sp³-hybridized carbons (Fsp3) is 0.667. The lowest BCUT2D eigenvalue weighted by molar-refractivity contribution is 0.285. The van der Waals surface area contributed by atoms with E-state index in [1.54, 1.807) is 0 Å². The highest BCUT2D eigenvalue weighted by Crippen LogP contribution is 2.30. The van der Waals surface area contributed by atoms with Crippen molar-refractivity contribution in [3.8, 4) is 0 Å². The van der Waals surface area contributed by atoms with Gasteiger partial charge < -0.3 is 11.1 Å². The summed E-state index contributed by atoms with van der Waals surface area (Å²) in [6, 6.07) is 2.29. The van der Waals surface area contributed by atoms with E-state index in [-0.39, 0.29) is 0 Å². The third-order valence-electron chi connectivity index (χ3n) is 3.34. The van der Waals surface area contributed by atoms with Crippen LogP contribution in [0, 0.1) is 5.92 Å². The molecule has 1 aliphatic carbocycles. The zero-order chi connectivity index (χ0) is 11.5. The maximum atomic E-state index is 5.74. The molecule has 88 valence electrons. The van der Waals surface area contributed by atoms with E-state index in [0.29, 0.717) is 11.9 Å². The summed E-state index contributed by atoms with van der Waals surface area (Å²) in [6.07, 6.45) is 4.84. The Morgan fingerprint density at radius 3 is 2.81 bits per heavy atom. The predicted molar refractivity (Wildman–Crippen MR) is 66.2 cm³/mol. The van der Waals surface area contributed by atoms with Gasteiger partial charge in [-0.1, -0.05) is 13.3 Å². The number of hydrogen-bond donors (Lipinski definition) is 2. The first-order chi connectivity index (χ1) is 7.69. The molecule has 0 aromatic carbocycles. The highest BCUT2D eigenvalue weighted by atomic mass is 15.1. The van der Waals surface area contributed by atoms with Crippen LogP contribution in [0.3, 0.4) is 0 Å². The average Bonchev–Trinajstić information content (AvgIpc) is 2.13. The van der Waals surface area contributed by atoms with Gasteiger partial charge in [0, 0.05) is 18.5 Å². The Hall–Kier alpha value is -1.32. The summed E-state index contributed by atoms with van der Waals surface area (Å²) >= 11 is 0. The van der Waals surface area contributed by atoms with Crippen LogP contribution in [-0.4, -0.2) is 16.0 Å². The third kappa shape index (κ3) is 2.43. The van der Waals surface area contributed by atoms with Crippen molar-refractivity contribution < 1.29 is 0 Å². The van der Waals surface area contributed by atoms with Crippen molar-refractivity contribution in [3.63, 3.8) is 0 Å². The summed E-state index contributed by atoms with van der Waals surface area (Å²) in [5.41, 5.74) is 5.74. The predicted octanol–water partition coefficient (Wildman–Crippen LogP) is 2.22. The van der Waals surface area contributed by atoms with E-state index >= 15 is 0 Å². The van der Waals surface area contributed by atoms with Crippen LogP contribution in [0.5, 0.6) is 0 Å². The molecule has 4 nitrogen and oxygen atoms in total. The van der Waals surface area contributed by atoms with E-state index in [1.165, 1.54) is 19.3 Å². The SMILES string of the molecule is CCc1nc(N)cc(NC(C)C2CCC2)n1. The maximum absolute atomic E-state index is 5.74. The van der Waals surface area contributed by atoms with Gasteiger partial charge in [0.15, 0.2) is 0 Å². The summed E-state index contributed by atoms with van der Waals surface area (Å²) in [7, 11) is 0. The van der Waals surface area contributed by atoms with E-state index in [2.05, 4.69) is 22.2 Å². The van der Waals surface area contributed by atoms with E-state index in [9.17, 15) is 0 Å². The molecule has 0 bridgehead atoms. The second kappa shape index (κ2) is 4.68. The van der Waals surface area contributed by atoms with E-state index < -0.39 is 0 Å². The molecule has 0 spiro atoms. The molecule has 1 aromatic heterocycles. The lowest BCUT2D eigenvalue weighted by Crippen LogP contribution is -2.31. The average molecular weight is 220 g/mol. The summed E-state index contributed by atoms with van der Waals surface area (Å²) in [5.74, 6) is 3.02. The van der Waals surface area contributed by atoms with Crippen molar-refractivity contribution in [1.29, 1.82) is 0 Å². The first-order valence-corrected chi connectivity index (χ1v) is 6.09. The van der Waals surface area contributed by atoms with Crippen molar-refractivity contribution in [3.05, 3.63) is 11.9 Å². The van der Waals surface area contributed by atoms with Gasteiger partial charge in [0.1, 0.15) is 17.5 Å². The molecule has 1 aromatic rings. The Morgan fingerprint density at radius 1 is 1.50 bits per heavy atom. The van der Waals surface area contributed by atoms with Gasteiger partial charge in [0.25, 0.3) is 0 Å². The quantitative estimate of drug-likeness (QED) is 0.816. The van der Waals surface area contributed by atoms with Gasteiger partial charge in [-0.15, -0.1) is 0 Å². The van der Waals surface area contributed by atoms with Crippen molar-refractivity contribution >= 4 is 11.6 Å². The second-order valence-corrected chi connectivity index (χ2v) is 4.57. The highest BCUT2D eigenvalue weighted by molar-refractivity contribution is 5.45. The number of nitrogen functional groups attached to an aromatic ring is 1. The number of nitrogens with zero attached hydrogens (tertiary/aromatic N) is 2. The molecule has 2 rings (SSSR count). The fourth-order valence-corrected chi connectivity index (χ4v) is 2.04. The number of aryl methyl sites for hydroxylation is 1. The molecule has 1 fully saturated rings. The highest BCUT2D eigenvalue weighted by Gasteiger charge is 2.24. The zero-order valence-electron chi connectivity index (χ0n) is 10.0. The number of hydrogen-bond acceptors (Lipinski definition) is 4. The second-order valence-electron chi connectivity index (χ2n) is 4.57. The fourth-order valence-electron chi connectivity index (χ4n) is 2.04. The van der Waals surface area contributed by atoms with Gasteiger partial charge in [-0.3, -0.25) is 0 Å². The molecule has 1 atom stereocenters. The lowest BCUT2D eigenvalue weighted by atomic mass is 9.80. The molecular formula is C12H20N4. The monoisotopic (exact) mass is 220 g/mol. The van der Waals surface area contributed by atoms with Gasteiger partial charge >= 0.3 is 0 Å². The van der Waals surface area contributed by atoms with Gasteiger partial charge in [-0.2, -0.15) is 0 Å². The molecule has 0 saturated heterocycles. The Balaban J connectivity index is 2.04. The smallest absolute Gasteiger partial charge is 0.132 e. The van der Waals surface area contributed by atoms with Crippen LogP contribution < -0.4 is 11.1 Å². The molecule has 0 aliphatic heterocycles. The minimum Gasteiger partial charge on any atom is -0.384 e. The first-order valence-electron chi connectivity index (χ1n) is 6.09. The molecule has 0 radical (unpaired) electrons. The topological polar surface area (TPSA) is 63.8 Å². The van der Waals surface area contributed by atoms with E-state index in [4.69, 9.17) is 5.73 Å².